The molecular formula is C47H67N5O10Si. The molecule has 2 aliphatic heterocycles. The summed E-state index contributed by atoms with van der Waals surface area (Å²) in [5.74, 6) is -2.04. The average molecular weight is 890 g/mol. The Kier molecular flexibility index (Phi) is 15.6. The molecule has 5 amide bonds. The van der Waals surface area contributed by atoms with Gasteiger partial charge < -0.3 is 39.9 Å². The molecule has 4 atom stereocenters. The number of fused-ring (bicyclic) bond motifs is 2. The Bertz CT molecular complexity index is 2040. The van der Waals surface area contributed by atoms with Gasteiger partial charge in [-0.3, -0.25) is 19.2 Å². The number of rotatable bonds is 18. The SMILES string of the molecule is C=CCOC(=O)NCCCCC(=O)N[C@H](C(=O)C[C@@H](C)C(=O)Nc1ccc(COC(=O)N2c3cc(O)c(C)cc3C(=O)N3CC4(CC4)C[C@H]3C2O[Si](C)(C)C(C)(C)C)cc1)C(C)C. The third kappa shape index (κ3) is 12.1. The van der Waals surface area contributed by atoms with Crippen LogP contribution in [0.2, 0.25) is 18.1 Å². The van der Waals surface area contributed by atoms with Crippen LogP contribution in [-0.2, 0) is 34.9 Å². The van der Waals surface area contributed by atoms with Crippen molar-refractivity contribution < 1.29 is 47.8 Å². The molecule has 5 rings (SSSR count). The van der Waals surface area contributed by atoms with Crippen molar-refractivity contribution in [3.63, 3.8) is 0 Å². The number of amides is 5. The third-order valence-electron chi connectivity index (χ3n) is 12.9. The third-order valence-corrected chi connectivity index (χ3v) is 17.3. The van der Waals surface area contributed by atoms with Crippen molar-refractivity contribution in [1.29, 1.82) is 0 Å². The summed E-state index contributed by atoms with van der Waals surface area (Å²) in [6.07, 6.45) is 3.23. The number of aromatic hydroxyl groups is 1. The number of Topliss-reactive ketones (excluding diaryl/α,β-unsaturated/α-hetero) is 1. The van der Waals surface area contributed by atoms with Crippen molar-refractivity contribution >= 4 is 55.4 Å². The zero-order chi connectivity index (χ0) is 46.4. The van der Waals surface area contributed by atoms with Gasteiger partial charge >= 0.3 is 12.2 Å². The minimum Gasteiger partial charge on any atom is -0.508 e. The van der Waals surface area contributed by atoms with E-state index >= 15 is 0 Å². The van der Waals surface area contributed by atoms with Crippen molar-refractivity contribution in [2.24, 2.45) is 17.3 Å². The van der Waals surface area contributed by atoms with Crippen molar-refractivity contribution in [3.8, 4) is 5.75 Å². The van der Waals surface area contributed by atoms with E-state index in [1.165, 1.54) is 17.0 Å². The number of ether oxygens (including phenoxy) is 2. The number of nitrogens with zero attached hydrogens (tertiary/aromatic N) is 2. The minimum atomic E-state index is -2.54. The highest BCUT2D eigenvalue weighted by Crippen LogP contribution is 2.57. The number of alkyl carbamates (subject to hydrolysis) is 1. The molecule has 1 spiro atoms. The summed E-state index contributed by atoms with van der Waals surface area (Å²) in [5, 5.41) is 19.0. The highest BCUT2D eigenvalue weighted by atomic mass is 28.4. The van der Waals surface area contributed by atoms with E-state index in [-0.39, 0.29) is 77.4 Å². The summed E-state index contributed by atoms with van der Waals surface area (Å²) in [4.78, 5) is 82.8. The molecule has 16 heteroatoms. The van der Waals surface area contributed by atoms with Crippen LogP contribution in [0.1, 0.15) is 108 Å². The van der Waals surface area contributed by atoms with Crippen LogP contribution >= 0.6 is 0 Å². The first kappa shape index (κ1) is 48.8. The summed E-state index contributed by atoms with van der Waals surface area (Å²) in [7, 11) is -2.54. The van der Waals surface area contributed by atoms with E-state index in [1.807, 2.05) is 18.7 Å². The van der Waals surface area contributed by atoms with Crippen LogP contribution < -0.4 is 20.9 Å². The monoisotopic (exact) mass is 889 g/mol. The van der Waals surface area contributed by atoms with Gasteiger partial charge in [-0.05, 0) is 97.8 Å². The number of carbonyl (C=O) groups excluding carboxylic acids is 6. The molecule has 2 heterocycles. The lowest BCUT2D eigenvalue weighted by Crippen LogP contribution is -2.58. The lowest BCUT2D eigenvalue weighted by molar-refractivity contribution is -0.130. The topological polar surface area (TPSA) is 193 Å². The molecule has 0 bridgehead atoms. The van der Waals surface area contributed by atoms with Crippen molar-refractivity contribution in [3.05, 3.63) is 65.7 Å². The number of hydrogen-bond acceptors (Lipinski definition) is 10. The number of phenols is 1. The van der Waals surface area contributed by atoms with Crippen molar-refractivity contribution in [2.75, 3.05) is 29.9 Å². The van der Waals surface area contributed by atoms with Gasteiger partial charge in [-0.25, -0.2) is 14.5 Å². The Balaban J connectivity index is 1.20. The van der Waals surface area contributed by atoms with Gasteiger partial charge in [0.25, 0.3) is 5.91 Å². The van der Waals surface area contributed by atoms with Crippen molar-refractivity contribution in [2.45, 2.75) is 136 Å². The Morgan fingerprint density at radius 1 is 1.03 bits per heavy atom. The predicted molar refractivity (Wildman–Crippen MR) is 243 cm³/mol. The van der Waals surface area contributed by atoms with Crippen LogP contribution in [0.5, 0.6) is 5.75 Å². The number of anilines is 2. The van der Waals surface area contributed by atoms with Gasteiger partial charge in [0.05, 0.1) is 23.3 Å². The molecular weight excluding hydrogens is 823 g/mol. The number of hydrogen-bond donors (Lipinski definition) is 4. The largest absolute Gasteiger partial charge is 0.508 e. The first-order valence-corrected chi connectivity index (χ1v) is 25.0. The van der Waals surface area contributed by atoms with Crippen molar-refractivity contribution in [1.82, 2.24) is 15.5 Å². The molecule has 15 nitrogen and oxygen atoms in total. The van der Waals surface area contributed by atoms with Crippen LogP contribution in [0.3, 0.4) is 0 Å². The molecule has 4 N–H and O–H groups in total. The van der Waals surface area contributed by atoms with E-state index in [0.29, 0.717) is 54.7 Å². The number of aryl methyl sites for hydroxylation is 1. The molecule has 1 saturated heterocycles. The van der Waals surface area contributed by atoms with E-state index in [0.717, 1.165) is 12.8 Å². The normalized spacial score (nSPS) is 18.7. The van der Waals surface area contributed by atoms with Crippen LogP contribution in [0.4, 0.5) is 21.0 Å². The fourth-order valence-corrected chi connectivity index (χ4v) is 9.00. The molecule has 0 aromatic heterocycles. The lowest BCUT2D eigenvalue weighted by atomic mass is 9.92. The maximum Gasteiger partial charge on any atom is 0.416 e. The summed E-state index contributed by atoms with van der Waals surface area (Å²) in [6, 6.07) is 8.75. The number of unbranched alkanes of at least 4 members (excludes halogenated alkanes) is 1. The number of phenolic OH excluding ortho intramolecular Hbond substituents is 1. The van der Waals surface area contributed by atoms with Crippen LogP contribution in [0.25, 0.3) is 0 Å². The van der Waals surface area contributed by atoms with Crippen LogP contribution in [0.15, 0.2) is 49.1 Å². The van der Waals surface area contributed by atoms with Crippen LogP contribution in [-0.4, -0.2) is 92.0 Å². The van der Waals surface area contributed by atoms with Gasteiger partial charge in [-0.2, -0.15) is 0 Å². The van der Waals surface area contributed by atoms with Gasteiger partial charge in [-0.1, -0.05) is 66.3 Å². The number of benzene rings is 2. The van der Waals surface area contributed by atoms with E-state index < -0.39 is 44.7 Å². The maximum atomic E-state index is 14.4. The first-order valence-electron chi connectivity index (χ1n) is 22.1. The highest BCUT2D eigenvalue weighted by Gasteiger charge is 2.59. The molecule has 3 aliphatic rings. The Morgan fingerprint density at radius 3 is 2.33 bits per heavy atom. The second kappa shape index (κ2) is 20.1. The second-order valence-electron chi connectivity index (χ2n) is 19.4. The predicted octanol–water partition coefficient (Wildman–Crippen LogP) is 7.96. The van der Waals surface area contributed by atoms with Gasteiger partial charge in [-0.15, -0.1) is 0 Å². The molecule has 2 aromatic rings. The second-order valence-corrected chi connectivity index (χ2v) is 24.1. The summed E-state index contributed by atoms with van der Waals surface area (Å²) in [6.45, 7) is 22.0. The lowest BCUT2D eigenvalue weighted by Gasteiger charge is -2.44. The van der Waals surface area contributed by atoms with Gasteiger partial charge in [0.2, 0.25) is 11.8 Å². The molecule has 1 unspecified atom stereocenters. The molecule has 0 radical (unpaired) electrons. The molecule has 1 aliphatic carbocycles. The molecule has 1 saturated carbocycles. The van der Waals surface area contributed by atoms with Gasteiger partial charge in [0.15, 0.2) is 20.3 Å². The molecule has 2 aromatic carbocycles. The zero-order valence-electron chi connectivity index (χ0n) is 38.4. The zero-order valence-corrected chi connectivity index (χ0v) is 39.4. The first-order chi connectivity index (χ1) is 29.6. The molecule has 2 fully saturated rings. The number of nitrogens with one attached hydrogen (secondary N) is 3. The highest BCUT2D eigenvalue weighted by molar-refractivity contribution is 6.74. The quantitative estimate of drug-likeness (QED) is 0.0649. The Labute approximate surface area is 372 Å². The van der Waals surface area contributed by atoms with Crippen LogP contribution in [0, 0.1) is 24.2 Å². The smallest absolute Gasteiger partial charge is 0.416 e. The maximum absolute atomic E-state index is 14.4. The number of ketones is 1. The number of carbonyl (C=O) groups is 6. The van der Waals surface area contributed by atoms with E-state index in [4.69, 9.17) is 13.9 Å². The summed E-state index contributed by atoms with van der Waals surface area (Å²) < 4.78 is 17.9. The van der Waals surface area contributed by atoms with E-state index in [9.17, 15) is 33.9 Å². The van der Waals surface area contributed by atoms with E-state index in [1.54, 1.807) is 44.2 Å². The Morgan fingerprint density at radius 2 is 1.71 bits per heavy atom. The Hall–Kier alpha value is -5.22. The van der Waals surface area contributed by atoms with Gasteiger partial charge in [0, 0.05) is 43.6 Å². The molecule has 63 heavy (non-hydrogen) atoms. The molecule has 344 valence electrons. The van der Waals surface area contributed by atoms with E-state index in [2.05, 4.69) is 56.4 Å². The average Bonchev–Trinajstić information content (AvgIpc) is 3.88. The van der Waals surface area contributed by atoms with Gasteiger partial charge in [0.1, 0.15) is 19.0 Å². The summed E-state index contributed by atoms with van der Waals surface area (Å²) >= 11 is 0. The fraction of sp³-hybridized carbons (Fsp3) is 0.574. The standard InChI is InChI=1S/C47H67N5O10Si/c1-11-22-60-44(58)48-21-13-12-14-39(55)50-40(29(2)3)38(54)24-31(5)41(56)49-33-17-15-32(16-18-33)27-61-45(59)52-35-25-37(53)30(4)23-34(35)42(57)51-28-47(19-20-47)26-36(51)43(52)62-63(9,10)46(6,7)8/h11,15-18,23,25,29,31,36,40,43,53H,1,12-14,19-22,24,26-28H2,2-10H3,(H,48,58)(H,49,56)(H,50,55)/t31-,36+,40+,43?/m1/s1. The fourth-order valence-electron chi connectivity index (χ4n) is 7.78. The summed E-state index contributed by atoms with van der Waals surface area (Å²) in [5.41, 5.74) is 2.21. The minimum absolute atomic E-state index is 0.0128.